The summed E-state index contributed by atoms with van der Waals surface area (Å²) in [6.07, 6.45) is 1.97. The van der Waals surface area contributed by atoms with Crippen LogP contribution in [0.1, 0.15) is 26.7 Å². The number of carbonyl (C=O) groups excluding carboxylic acids is 1. The summed E-state index contributed by atoms with van der Waals surface area (Å²) < 4.78 is 10.6. The van der Waals surface area contributed by atoms with Gasteiger partial charge in [0.2, 0.25) is 5.91 Å². The molecule has 0 radical (unpaired) electrons. The van der Waals surface area contributed by atoms with Gasteiger partial charge in [0, 0.05) is 26.8 Å². The molecule has 5 heteroatoms. The molecule has 5 nitrogen and oxygen atoms in total. The number of methoxy groups -OCH3 is 1. The van der Waals surface area contributed by atoms with Crippen LogP contribution >= 0.6 is 0 Å². The van der Waals surface area contributed by atoms with E-state index in [-0.39, 0.29) is 18.1 Å². The van der Waals surface area contributed by atoms with Crippen molar-refractivity contribution in [3.8, 4) is 0 Å². The fraction of sp³-hybridized carbons (Fsp3) is 0.923. The van der Waals surface area contributed by atoms with Gasteiger partial charge in [-0.3, -0.25) is 4.79 Å². The molecule has 1 heterocycles. The Hall–Kier alpha value is -0.650. The molecule has 18 heavy (non-hydrogen) atoms. The van der Waals surface area contributed by atoms with E-state index in [0.29, 0.717) is 19.1 Å². The van der Waals surface area contributed by atoms with Gasteiger partial charge in [-0.25, -0.2) is 0 Å². The molecule has 0 aromatic rings. The second kappa shape index (κ2) is 8.45. The molecule has 0 bridgehead atoms. The smallest absolute Gasteiger partial charge is 0.237 e. The highest BCUT2D eigenvalue weighted by Gasteiger charge is 2.28. The largest absolute Gasteiger partial charge is 0.380 e. The van der Waals surface area contributed by atoms with Crippen molar-refractivity contribution in [1.82, 2.24) is 10.6 Å². The molecule has 2 N–H and O–H groups in total. The minimum absolute atomic E-state index is 0.0435. The lowest BCUT2D eigenvalue weighted by Crippen LogP contribution is -2.41. The third kappa shape index (κ3) is 5.80. The standard InChI is InChI=1S/C13H26N2O3/c1-10(2)4-6-18-7-5-14-13(16)12-8-11(17-3)9-15-12/h10-12,15H,4-9H2,1-3H3,(H,14,16). The molecule has 1 rings (SSSR count). The Balaban J connectivity index is 2.00. The molecule has 106 valence electrons. The van der Waals surface area contributed by atoms with E-state index >= 15 is 0 Å². The highest BCUT2D eigenvalue weighted by Crippen LogP contribution is 2.09. The Kier molecular flexibility index (Phi) is 7.23. The fourth-order valence-corrected chi connectivity index (χ4v) is 1.87. The topological polar surface area (TPSA) is 59.6 Å². The van der Waals surface area contributed by atoms with Gasteiger partial charge >= 0.3 is 0 Å². The molecular formula is C13H26N2O3. The van der Waals surface area contributed by atoms with Gasteiger partial charge in [0.1, 0.15) is 0 Å². The molecule has 1 saturated heterocycles. The number of hydrogen-bond donors (Lipinski definition) is 2. The van der Waals surface area contributed by atoms with Gasteiger partial charge in [-0.2, -0.15) is 0 Å². The van der Waals surface area contributed by atoms with Crippen LogP contribution in [-0.4, -0.2) is 51.5 Å². The number of rotatable bonds is 8. The lowest BCUT2D eigenvalue weighted by atomic mass is 10.1. The predicted octanol–water partition coefficient (Wildman–Crippen LogP) is 0.542. The van der Waals surface area contributed by atoms with Gasteiger partial charge in [0.15, 0.2) is 0 Å². The van der Waals surface area contributed by atoms with E-state index < -0.39 is 0 Å². The van der Waals surface area contributed by atoms with Crippen LogP contribution in [0.5, 0.6) is 0 Å². The van der Waals surface area contributed by atoms with Crippen LogP contribution < -0.4 is 10.6 Å². The summed E-state index contributed by atoms with van der Waals surface area (Å²) in [6.45, 7) is 7.01. The van der Waals surface area contributed by atoms with Crippen molar-refractivity contribution in [2.24, 2.45) is 5.92 Å². The number of hydrogen-bond acceptors (Lipinski definition) is 4. The summed E-state index contributed by atoms with van der Waals surface area (Å²) in [5.41, 5.74) is 0. The van der Waals surface area contributed by atoms with Crippen molar-refractivity contribution in [3.63, 3.8) is 0 Å². The third-order valence-electron chi connectivity index (χ3n) is 3.13. The van der Waals surface area contributed by atoms with Crippen LogP contribution in [0.2, 0.25) is 0 Å². The zero-order valence-electron chi connectivity index (χ0n) is 11.7. The van der Waals surface area contributed by atoms with Gasteiger partial charge in [0.05, 0.1) is 18.8 Å². The Bertz CT molecular complexity index is 246. The minimum Gasteiger partial charge on any atom is -0.380 e. The Labute approximate surface area is 110 Å². The molecule has 1 aliphatic heterocycles. The predicted molar refractivity (Wildman–Crippen MR) is 70.5 cm³/mol. The molecule has 2 atom stereocenters. The van der Waals surface area contributed by atoms with Crippen LogP contribution in [0, 0.1) is 5.92 Å². The second-order valence-electron chi connectivity index (χ2n) is 5.14. The van der Waals surface area contributed by atoms with E-state index in [0.717, 1.165) is 26.0 Å². The summed E-state index contributed by atoms with van der Waals surface area (Å²) >= 11 is 0. The summed E-state index contributed by atoms with van der Waals surface area (Å²) in [5.74, 6) is 0.704. The summed E-state index contributed by atoms with van der Waals surface area (Å²) in [6, 6.07) is -0.120. The lowest BCUT2D eigenvalue weighted by Gasteiger charge is -2.11. The maximum Gasteiger partial charge on any atom is 0.237 e. The second-order valence-corrected chi connectivity index (χ2v) is 5.14. The van der Waals surface area contributed by atoms with Crippen LogP contribution in [0.15, 0.2) is 0 Å². The van der Waals surface area contributed by atoms with Gasteiger partial charge < -0.3 is 20.1 Å². The summed E-state index contributed by atoms with van der Waals surface area (Å²) in [4.78, 5) is 11.8. The average molecular weight is 258 g/mol. The molecule has 1 amide bonds. The number of carbonyl (C=O) groups is 1. The SMILES string of the molecule is COC1CNC(C(=O)NCCOCCC(C)C)C1. The highest BCUT2D eigenvalue weighted by molar-refractivity contribution is 5.82. The molecule has 0 spiro atoms. The van der Waals surface area contributed by atoms with Gasteiger partial charge in [-0.05, 0) is 18.8 Å². The number of nitrogens with one attached hydrogen (secondary N) is 2. The normalized spacial score (nSPS) is 23.6. The van der Waals surface area contributed by atoms with E-state index in [2.05, 4.69) is 24.5 Å². The van der Waals surface area contributed by atoms with Crippen molar-refractivity contribution in [2.45, 2.75) is 38.8 Å². The van der Waals surface area contributed by atoms with Crippen molar-refractivity contribution < 1.29 is 14.3 Å². The first-order valence-electron chi connectivity index (χ1n) is 6.75. The lowest BCUT2D eigenvalue weighted by molar-refractivity contribution is -0.123. The Morgan fingerprint density at radius 1 is 1.44 bits per heavy atom. The Morgan fingerprint density at radius 2 is 2.22 bits per heavy atom. The molecule has 0 aromatic carbocycles. The van der Waals surface area contributed by atoms with Crippen LogP contribution in [0.25, 0.3) is 0 Å². The van der Waals surface area contributed by atoms with Gasteiger partial charge in [-0.15, -0.1) is 0 Å². The Morgan fingerprint density at radius 3 is 2.83 bits per heavy atom. The molecule has 1 fully saturated rings. The van der Waals surface area contributed by atoms with Crippen LogP contribution in [-0.2, 0) is 14.3 Å². The third-order valence-corrected chi connectivity index (χ3v) is 3.13. The van der Waals surface area contributed by atoms with Gasteiger partial charge in [0.25, 0.3) is 0 Å². The molecule has 2 unspecified atom stereocenters. The fourth-order valence-electron chi connectivity index (χ4n) is 1.87. The van der Waals surface area contributed by atoms with E-state index in [9.17, 15) is 4.79 Å². The summed E-state index contributed by atoms with van der Waals surface area (Å²) in [5, 5.41) is 6.02. The first-order chi connectivity index (χ1) is 8.63. The van der Waals surface area contributed by atoms with E-state index in [1.165, 1.54) is 0 Å². The quantitative estimate of drug-likeness (QED) is 0.624. The first-order valence-corrected chi connectivity index (χ1v) is 6.75. The maximum absolute atomic E-state index is 11.8. The first kappa shape index (κ1) is 15.4. The summed E-state index contributed by atoms with van der Waals surface area (Å²) in [7, 11) is 1.68. The molecule has 0 aromatic heterocycles. The van der Waals surface area contributed by atoms with Crippen LogP contribution in [0.4, 0.5) is 0 Å². The number of amides is 1. The number of ether oxygens (including phenoxy) is 2. The average Bonchev–Trinajstić information content (AvgIpc) is 2.81. The van der Waals surface area contributed by atoms with Crippen molar-refractivity contribution in [3.05, 3.63) is 0 Å². The van der Waals surface area contributed by atoms with Gasteiger partial charge in [-0.1, -0.05) is 13.8 Å². The van der Waals surface area contributed by atoms with Crippen molar-refractivity contribution in [2.75, 3.05) is 33.4 Å². The molecule has 0 aliphatic carbocycles. The monoisotopic (exact) mass is 258 g/mol. The van der Waals surface area contributed by atoms with Crippen molar-refractivity contribution >= 4 is 5.91 Å². The zero-order chi connectivity index (χ0) is 13.4. The molecule has 1 aliphatic rings. The van der Waals surface area contributed by atoms with Crippen LogP contribution in [0.3, 0.4) is 0 Å². The maximum atomic E-state index is 11.8. The molecular weight excluding hydrogens is 232 g/mol. The zero-order valence-corrected chi connectivity index (χ0v) is 11.7. The van der Waals surface area contributed by atoms with Crippen molar-refractivity contribution in [1.29, 1.82) is 0 Å². The van der Waals surface area contributed by atoms with E-state index in [1.54, 1.807) is 7.11 Å². The van der Waals surface area contributed by atoms with E-state index in [1.807, 2.05) is 0 Å². The van der Waals surface area contributed by atoms with E-state index in [4.69, 9.17) is 9.47 Å². The highest BCUT2D eigenvalue weighted by atomic mass is 16.5. The minimum atomic E-state index is -0.120. The molecule has 0 saturated carbocycles.